The molecule has 1 aliphatic heterocycles. The van der Waals surface area contributed by atoms with E-state index in [1.54, 1.807) is 0 Å². The number of nitrogens with zero attached hydrogens (tertiary/aromatic N) is 5. The fraction of sp³-hybridized carbons (Fsp3) is 0.188. The fourth-order valence-electron chi connectivity index (χ4n) is 2.82. The average molecular weight is 290 g/mol. The third-order valence-corrected chi connectivity index (χ3v) is 4.13. The maximum absolute atomic E-state index is 5.37. The Balaban J connectivity index is 1.70. The van der Waals surface area contributed by atoms with Crippen molar-refractivity contribution in [2.24, 2.45) is 0 Å². The lowest BCUT2D eigenvalue weighted by molar-refractivity contribution is 0.602. The Morgan fingerprint density at radius 3 is 3.00 bits per heavy atom. The first kappa shape index (κ1) is 11.7. The van der Waals surface area contributed by atoms with E-state index in [2.05, 4.69) is 26.2 Å². The molecule has 0 N–H and O–H groups in total. The number of imidazole rings is 1. The SMILES string of the molecule is [c]1nc2c(N3CCC3)ccnn2c1-c1ccc2ncoc2c1. The van der Waals surface area contributed by atoms with Crippen LogP contribution >= 0.6 is 0 Å². The zero-order chi connectivity index (χ0) is 14.5. The van der Waals surface area contributed by atoms with E-state index in [1.165, 1.54) is 12.8 Å². The molecule has 22 heavy (non-hydrogen) atoms. The maximum Gasteiger partial charge on any atom is 0.181 e. The zero-order valence-corrected chi connectivity index (χ0v) is 11.7. The molecular weight excluding hydrogens is 278 g/mol. The van der Waals surface area contributed by atoms with Crippen molar-refractivity contribution in [2.45, 2.75) is 6.42 Å². The van der Waals surface area contributed by atoms with Gasteiger partial charge in [0.15, 0.2) is 17.6 Å². The van der Waals surface area contributed by atoms with Crippen LogP contribution in [0.4, 0.5) is 5.69 Å². The Bertz CT molecular complexity index is 982. The van der Waals surface area contributed by atoms with Gasteiger partial charge in [-0.1, -0.05) is 6.07 Å². The number of anilines is 1. The predicted molar refractivity (Wildman–Crippen MR) is 81.7 cm³/mol. The lowest BCUT2D eigenvalue weighted by atomic mass is 10.1. The van der Waals surface area contributed by atoms with E-state index in [-0.39, 0.29) is 0 Å². The summed E-state index contributed by atoms with van der Waals surface area (Å²) in [5.41, 5.74) is 5.34. The Kier molecular flexibility index (Phi) is 2.29. The van der Waals surface area contributed by atoms with Crippen LogP contribution < -0.4 is 4.90 Å². The summed E-state index contributed by atoms with van der Waals surface area (Å²) in [6.07, 6.45) is 7.59. The number of aromatic nitrogens is 4. The number of hydrogen-bond donors (Lipinski definition) is 0. The molecule has 0 spiro atoms. The van der Waals surface area contributed by atoms with Crippen LogP contribution in [0.1, 0.15) is 6.42 Å². The number of benzene rings is 1. The number of fused-ring (bicyclic) bond motifs is 2. The standard InChI is InChI=1S/C16H12N5O/c1-6-20(7-1)13-4-5-19-21-14(9-17-16(13)21)11-2-3-12-15(8-11)22-10-18-12/h2-5,8,10H,1,6-7H2. The first-order valence-electron chi connectivity index (χ1n) is 7.24. The molecule has 1 fully saturated rings. The molecule has 0 bridgehead atoms. The molecule has 1 aliphatic rings. The molecule has 3 aromatic heterocycles. The quantitative estimate of drug-likeness (QED) is 0.568. The van der Waals surface area contributed by atoms with E-state index < -0.39 is 0 Å². The fourth-order valence-corrected chi connectivity index (χ4v) is 2.82. The van der Waals surface area contributed by atoms with E-state index in [1.807, 2.05) is 35.0 Å². The molecule has 1 radical (unpaired) electrons. The molecule has 1 aromatic carbocycles. The molecule has 4 aromatic rings. The molecule has 1 saturated heterocycles. The average Bonchev–Trinajstić information content (AvgIpc) is 3.11. The summed E-state index contributed by atoms with van der Waals surface area (Å²) in [5, 5.41) is 4.44. The summed E-state index contributed by atoms with van der Waals surface area (Å²) >= 11 is 0. The van der Waals surface area contributed by atoms with E-state index >= 15 is 0 Å². The summed E-state index contributed by atoms with van der Waals surface area (Å²) in [5.74, 6) is 0. The van der Waals surface area contributed by atoms with Gasteiger partial charge >= 0.3 is 0 Å². The van der Waals surface area contributed by atoms with Gasteiger partial charge in [0.05, 0.1) is 11.9 Å². The van der Waals surface area contributed by atoms with Crippen LogP contribution in [0.15, 0.2) is 41.3 Å². The van der Waals surface area contributed by atoms with Gasteiger partial charge in [-0.15, -0.1) is 0 Å². The maximum atomic E-state index is 5.37. The highest BCUT2D eigenvalue weighted by Crippen LogP contribution is 2.29. The van der Waals surface area contributed by atoms with Crippen molar-refractivity contribution < 1.29 is 4.42 Å². The molecule has 0 aliphatic carbocycles. The van der Waals surface area contributed by atoms with Crippen LogP contribution in [0.5, 0.6) is 0 Å². The molecule has 4 heterocycles. The van der Waals surface area contributed by atoms with Gasteiger partial charge in [-0.3, -0.25) is 0 Å². The van der Waals surface area contributed by atoms with Crippen LogP contribution in [0.2, 0.25) is 0 Å². The molecule has 0 saturated carbocycles. The van der Waals surface area contributed by atoms with Crippen molar-refractivity contribution in [1.82, 2.24) is 19.6 Å². The largest absolute Gasteiger partial charge is 0.443 e. The van der Waals surface area contributed by atoms with Gasteiger partial charge in [-0.05, 0) is 24.6 Å². The van der Waals surface area contributed by atoms with Gasteiger partial charge in [0.25, 0.3) is 0 Å². The van der Waals surface area contributed by atoms with Gasteiger partial charge in [0.1, 0.15) is 17.4 Å². The molecule has 6 heteroatoms. The lowest BCUT2D eigenvalue weighted by Gasteiger charge is -2.32. The topological polar surface area (TPSA) is 59.5 Å². The molecular formula is C16H12N5O. The smallest absolute Gasteiger partial charge is 0.181 e. The second kappa shape index (κ2) is 4.30. The van der Waals surface area contributed by atoms with Crippen LogP contribution in [0.3, 0.4) is 0 Å². The molecule has 0 atom stereocenters. The Hall–Kier alpha value is -2.89. The zero-order valence-electron chi connectivity index (χ0n) is 11.7. The van der Waals surface area contributed by atoms with Gasteiger partial charge in [0, 0.05) is 18.7 Å². The molecule has 6 nitrogen and oxygen atoms in total. The monoisotopic (exact) mass is 290 g/mol. The number of hydrogen-bond acceptors (Lipinski definition) is 5. The van der Waals surface area contributed by atoms with Crippen molar-refractivity contribution in [3.63, 3.8) is 0 Å². The minimum Gasteiger partial charge on any atom is -0.443 e. The van der Waals surface area contributed by atoms with Gasteiger partial charge in [-0.2, -0.15) is 5.10 Å². The van der Waals surface area contributed by atoms with Crippen LogP contribution in [-0.4, -0.2) is 32.7 Å². The van der Waals surface area contributed by atoms with Crippen LogP contribution in [0, 0.1) is 6.20 Å². The minimum atomic E-state index is 0.750. The molecule has 0 amide bonds. The van der Waals surface area contributed by atoms with Crippen molar-refractivity contribution in [1.29, 1.82) is 0 Å². The van der Waals surface area contributed by atoms with Gasteiger partial charge < -0.3 is 9.32 Å². The van der Waals surface area contributed by atoms with Gasteiger partial charge in [0.2, 0.25) is 0 Å². The summed E-state index contributed by atoms with van der Waals surface area (Å²) in [6, 6.07) is 7.88. The highest BCUT2D eigenvalue weighted by Gasteiger charge is 2.20. The normalized spacial score (nSPS) is 14.6. The van der Waals surface area contributed by atoms with E-state index in [0.717, 1.165) is 46.8 Å². The minimum absolute atomic E-state index is 0.750. The van der Waals surface area contributed by atoms with Gasteiger partial charge in [-0.25, -0.2) is 14.5 Å². The van der Waals surface area contributed by atoms with Crippen molar-refractivity contribution in [3.8, 4) is 11.3 Å². The first-order valence-corrected chi connectivity index (χ1v) is 7.24. The highest BCUT2D eigenvalue weighted by molar-refractivity contribution is 5.80. The summed E-state index contributed by atoms with van der Waals surface area (Å²) in [4.78, 5) is 10.9. The van der Waals surface area contributed by atoms with Crippen LogP contribution in [-0.2, 0) is 0 Å². The Labute approximate surface area is 126 Å². The summed E-state index contributed by atoms with van der Waals surface area (Å²) in [6.45, 7) is 2.15. The highest BCUT2D eigenvalue weighted by atomic mass is 16.3. The van der Waals surface area contributed by atoms with Crippen molar-refractivity contribution in [2.75, 3.05) is 18.0 Å². The summed E-state index contributed by atoms with van der Waals surface area (Å²) < 4.78 is 7.21. The predicted octanol–water partition coefficient (Wildman–Crippen LogP) is 2.55. The Morgan fingerprint density at radius 1 is 1.18 bits per heavy atom. The number of oxazole rings is 1. The lowest BCUT2D eigenvalue weighted by Crippen LogP contribution is -2.37. The van der Waals surface area contributed by atoms with E-state index in [4.69, 9.17) is 4.42 Å². The summed E-state index contributed by atoms with van der Waals surface area (Å²) in [7, 11) is 0. The number of rotatable bonds is 2. The first-order chi connectivity index (χ1) is 10.9. The Morgan fingerprint density at radius 2 is 2.14 bits per heavy atom. The third-order valence-electron chi connectivity index (χ3n) is 4.13. The second-order valence-corrected chi connectivity index (χ2v) is 5.40. The van der Waals surface area contributed by atoms with Crippen molar-refractivity contribution >= 4 is 22.4 Å². The molecule has 107 valence electrons. The van der Waals surface area contributed by atoms with Crippen LogP contribution in [0.25, 0.3) is 28.0 Å². The molecule has 5 rings (SSSR count). The van der Waals surface area contributed by atoms with E-state index in [0.29, 0.717) is 0 Å². The second-order valence-electron chi connectivity index (χ2n) is 5.40. The van der Waals surface area contributed by atoms with E-state index in [9.17, 15) is 0 Å². The third kappa shape index (κ3) is 1.57. The molecule has 0 unspecified atom stereocenters. The van der Waals surface area contributed by atoms with Crippen molar-refractivity contribution in [3.05, 3.63) is 43.1 Å².